The second kappa shape index (κ2) is 16.2. The summed E-state index contributed by atoms with van der Waals surface area (Å²) in [6.45, 7) is 6.95. The van der Waals surface area contributed by atoms with Gasteiger partial charge in [0.15, 0.2) is 5.62 Å². The molecule has 0 spiro atoms. The number of fused-ring (bicyclic) bond motifs is 1. The lowest BCUT2D eigenvalue weighted by Crippen LogP contribution is -2.52. The van der Waals surface area contributed by atoms with Crippen molar-refractivity contribution in [1.82, 2.24) is 18.9 Å². The quantitative estimate of drug-likeness (QED) is 0.167. The van der Waals surface area contributed by atoms with Gasteiger partial charge in [0.05, 0.1) is 18.3 Å². The molecule has 2 saturated heterocycles. The van der Waals surface area contributed by atoms with E-state index in [0.717, 1.165) is 66.8 Å². The van der Waals surface area contributed by atoms with Crippen molar-refractivity contribution in [2.24, 2.45) is 11.7 Å². The number of amides is 1. The van der Waals surface area contributed by atoms with Gasteiger partial charge in [-0.1, -0.05) is 12.2 Å². The number of carbonyl (C=O) groups is 2. The minimum Gasteiger partial charge on any atom is -0.489 e. The Morgan fingerprint density at radius 2 is 1.98 bits per heavy atom. The third-order valence-corrected chi connectivity index (χ3v) is 9.11. The average Bonchev–Trinajstić information content (AvgIpc) is 3.02. The monoisotopic (exact) mass is 612 g/mol. The van der Waals surface area contributed by atoms with Crippen molar-refractivity contribution in [2.45, 2.75) is 38.8 Å². The van der Waals surface area contributed by atoms with E-state index in [1.807, 2.05) is 19.1 Å². The van der Waals surface area contributed by atoms with Crippen molar-refractivity contribution in [2.75, 3.05) is 46.4 Å². The van der Waals surface area contributed by atoms with E-state index in [1.54, 1.807) is 24.3 Å². The molecule has 5 rings (SSSR count). The zero-order valence-electron chi connectivity index (χ0n) is 24.2. The second-order valence-electron chi connectivity index (χ2n) is 10.1. The predicted octanol–water partition coefficient (Wildman–Crippen LogP) is 3.72. The van der Waals surface area contributed by atoms with Gasteiger partial charge in [0.25, 0.3) is 5.91 Å². The third-order valence-electron chi connectivity index (χ3n) is 7.30. The topological polar surface area (TPSA) is 134 Å². The summed E-state index contributed by atoms with van der Waals surface area (Å²) < 4.78 is 16.0. The summed E-state index contributed by atoms with van der Waals surface area (Å²) in [7, 11) is 1.50. The van der Waals surface area contributed by atoms with E-state index in [2.05, 4.69) is 42.9 Å². The lowest BCUT2D eigenvalue weighted by atomic mass is 9.93. The third kappa shape index (κ3) is 8.65. The van der Waals surface area contributed by atoms with Gasteiger partial charge in [0, 0.05) is 78.4 Å². The molecule has 2 atom stereocenters. The van der Waals surface area contributed by atoms with E-state index in [4.69, 9.17) is 14.9 Å². The van der Waals surface area contributed by atoms with Crippen molar-refractivity contribution >= 4 is 46.5 Å². The van der Waals surface area contributed by atoms with Crippen molar-refractivity contribution in [1.29, 1.82) is 5.41 Å². The first-order chi connectivity index (χ1) is 20.5. The number of nitrogens with two attached hydrogens (primary N) is 1. The Hall–Kier alpha value is -2.74. The molecule has 42 heavy (non-hydrogen) atoms. The smallest absolute Gasteiger partial charge is 0.251 e. The van der Waals surface area contributed by atoms with Crippen LogP contribution in [0.2, 0.25) is 0 Å². The number of pyridine rings is 1. The van der Waals surface area contributed by atoms with Crippen LogP contribution in [0, 0.1) is 18.3 Å². The summed E-state index contributed by atoms with van der Waals surface area (Å²) in [6, 6.07) is 9.00. The zero-order chi connectivity index (χ0) is 29.9. The molecule has 3 heterocycles. The first-order valence-electron chi connectivity index (χ1n) is 14.2. The Balaban J connectivity index is 0.00000198. The number of nitrogens with zero attached hydrogens (tertiary/aromatic N) is 3. The van der Waals surface area contributed by atoms with Crippen LogP contribution in [0.5, 0.6) is 5.75 Å². The Morgan fingerprint density at radius 3 is 2.71 bits per heavy atom. The van der Waals surface area contributed by atoms with Crippen LogP contribution in [0.3, 0.4) is 0 Å². The number of morpholine rings is 1. The predicted molar refractivity (Wildman–Crippen MR) is 170 cm³/mol. The van der Waals surface area contributed by atoms with E-state index < -0.39 is 0 Å². The molecule has 12 heteroatoms. The summed E-state index contributed by atoms with van der Waals surface area (Å²) in [6.07, 6.45) is 6.96. The molecule has 2 aromatic rings. The summed E-state index contributed by atoms with van der Waals surface area (Å²) >= 11 is 2.55. The van der Waals surface area contributed by atoms with Gasteiger partial charge in [-0.25, -0.2) is 8.61 Å². The molecule has 1 amide bonds. The summed E-state index contributed by atoms with van der Waals surface area (Å²) in [5.74, 6) is 0.242. The van der Waals surface area contributed by atoms with E-state index >= 15 is 0 Å². The molecule has 4 N–H and O–H groups in total. The Kier molecular flexibility index (Phi) is 12.4. The minimum absolute atomic E-state index is 0.191. The van der Waals surface area contributed by atoms with Crippen LogP contribution in [0.1, 0.15) is 45.7 Å². The molecule has 0 bridgehead atoms. The molecule has 1 aromatic carbocycles. The molecule has 1 aromatic heterocycles. The number of carbonyl (C=O) groups excluding carboxylic acids is 2. The Labute approximate surface area is 256 Å². The van der Waals surface area contributed by atoms with E-state index in [1.165, 1.54) is 7.05 Å². The minimum atomic E-state index is -0.257. The lowest BCUT2D eigenvalue weighted by molar-refractivity contribution is 0.0750. The zero-order valence-corrected chi connectivity index (χ0v) is 25.8. The van der Waals surface area contributed by atoms with Gasteiger partial charge >= 0.3 is 0 Å². The highest BCUT2D eigenvalue weighted by molar-refractivity contribution is 8.24. The number of hydrogen-bond acceptors (Lipinski definition) is 11. The number of benzene rings is 1. The van der Waals surface area contributed by atoms with Gasteiger partial charge in [0.2, 0.25) is 0 Å². The van der Waals surface area contributed by atoms with Crippen LogP contribution in [-0.2, 0) is 22.6 Å². The number of thioether (sulfide) groups is 1. The van der Waals surface area contributed by atoms with Crippen LogP contribution in [0.25, 0.3) is 6.08 Å². The maximum Gasteiger partial charge on any atom is 0.251 e. The second-order valence-corrected chi connectivity index (χ2v) is 12.2. The van der Waals surface area contributed by atoms with Crippen molar-refractivity contribution in [3.05, 3.63) is 64.5 Å². The SMILES string of the molecule is CN.Cc1cc(COc2ccc(C(=O)NC3CCN(SN4CCOCC4)CC3C(=N)SC=O)cc2)c2c(n1)CCC=C2. The summed E-state index contributed by atoms with van der Waals surface area (Å²) in [5.41, 5.74) is 10.1. The van der Waals surface area contributed by atoms with Crippen molar-refractivity contribution in [3.63, 3.8) is 0 Å². The van der Waals surface area contributed by atoms with Crippen LogP contribution >= 0.6 is 23.9 Å². The molecule has 0 radical (unpaired) electrons. The highest BCUT2D eigenvalue weighted by Crippen LogP contribution is 2.29. The number of aromatic nitrogens is 1. The molecule has 2 fully saturated rings. The maximum absolute atomic E-state index is 13.2. The number of aryl methyl sites for hydroxylation is 2. The first kappa shape index (κ1) is 32.2. The molecule has 3 aliphatic rings. The average molecular weight is 613 g/mol. The molecular formula is C30H40N6O4S2. The van der Waals surface area contributed by atoms with Crippen LogP contribution in [0.15, 0.2) is 36.4 Å². The molecule has 226 valence electrons. The number of allylic oxidation sites excluding steroid dienone is 1. The van der Waals surface area contributed by atoms with Gasteiger partial charge in [0.1, 0.15) is 12.4 Å². The van der Waals surface area contributed by atoms with Crippen LogP contribution < -0.4 is 15.8 Å². The molecule has 2 aliphatic heterocycles. The van der Waals surface area contributed by atoms with Gasteiger partial charge < -0.3 is 20.5 Å². The largest absolute Gasteiger partial charge is 0.489 e. The van der Waals surface area contributed by atoms with Crippen LogP contribution in [-0.4, -0.2) is 82.6 Å². The van der Waals surface area contributed by atoms with Gasteiger partial charge in [-0.15, -0.1) is 0 Å². The molecule has 10 nitrogen and oxygen atoms in total. The van der Waals surface area contributed by atoms with Gasteiger partial charge in [-0.05, 0) is 75.3 Å². The lowest BCUT2D eigenvalue weighted by Gasteiger charge is -2.40. The molecule has 1 aliphatic carbocycles. The fourth-order valence-electron chi connectivity index (χ4n) is 5.24. The summed E-state index contributed by atoms with van der Waals surface area (Å²) in [5, 5.41) is 11.9. The van der Waals surface area contributed by atoms with Crippen LogP contribution in [0.4, 0.5) is 0 Å². The number of piperidine rings is 1. The first-order valence-corrected chi connectivity index (χ1v) is 15.8. The van der Waals surface area contributed by atoms with E-state index in [0.29, 0.717) is 49.7 Å². The number of hydrogen-bond donors (Lipinski definition) is 3. The van der Waals surface area contributed by atoms with E-state index in [-0.39, 0.29) is 22.9 Å². The standard InChI is InChI=1S/C29H35N5O4S2.CH5N/c1-20-16-22(24-4-2-3-5-26(24)31-20)18-38-23-8-6-21(7-9-23)29(36)32-27-10-11-34(17-25(27)28(30)39-19-35)40-33-12-14-37-15-13-33;1-2/h2,4,6-9,16,19,25,27,30H,3,5,10-15,17-18H2,1H3,(H,32,36);2H2,1H3. The maximum atomic E-state index is 13.2. The number of ether oxygens (including phenoxy) is 2. The molecular weight excluding hydrogens is 573 g/mol. The van der Waals surface area contributed by atoms with Crippen molar-refractivity contribution < 1.29 is 19.1 Å². The number of nitrogens with one attached hydrogen (secondary N) is 2. The Bertz CT molecular complexity index is 1250. The van der Waals surface area contributed by atoms with Gasteiger partial charge in [-0.3, -0.25) is 20.0 Å². The fraction of sp³-hybridized carbons (Fsp3) is 0.467. The Morgan fingerprint density at radius 1 is 1.21 bits per heavy atom. The summed E-state index contributed by atoms with van der Waals surface area (Å²) in [4.78, 5) is 29.0. The highest BCUT2D eigenvalue weighted by atomic mass is 32.2. The number of rotatable bonds is 9. The molecule has 0 saturated carbocycles. The van der Waals surface area contributed by atoms with Gasteiger partial charge in [-0.2, -0.15) is 0 Å². The highest BCUT2D eigenvalue weighted by Gasteiger charge is 2.35. The fourth-order valence-corrected chi connectivity index (χ4v) is 6.81. The van der Waals surface area contributed by atoms with E-state index in [9.17, 15) is 9.59 Å². The van der Waals surface area contributed by atoms with Crippen molar-refractivity contribution in [3.8, 4) is 5.75 Å². The molecule has 2 unspecified atom stereocenters. The normalized spacial score (nSPS) is 20.5.